The van der Waals surface area contributed by atoms with Gasteiger partial charge in [0.05, 0.1) is 6.61 Å². The summed E-state index contributed by atoms with van der Waals surface area (Å²) in [5, 5.41) is 10.7. The molecular formula is C14H21N2O2+. The second-order valence-corrected chi connectivity index (χ2v) is 4.90. The van der Waals surface area contributed by atoms with E-state index in [9.17, 15) is 5.21 Å². The zero-order valence-electron chi connectivity index (χ0n) is 11.0. The van der Waals surface area contributed by atoms with E-state index in [2.05, 4.69) is 0 Å². The van der Waals surface area contributed by atoms with Crippen LogP contribution in [-0.2, 0) is 4.74 Å². The molecule has 0 bridgehead atoms. The Labute approximate surface area is 108 Å². The van der Waals surface area contributed by atoms with E-state index in [4.69, 9.17) is 10.5 Å². The first kappa shape index (κ1) is 13.2. The quantitative estimate of drug-likeness (QED) is 0.786. The predicted molar refractivity (Wildman–Crippen MR) is 73.0 cm³/mol. The lowest BCUT2D eigenvalue weighted by Gasteiger charge is -2.22. The van der Waals surface area contributed by atoms with Gasteiger partial charge in [-0.05, 0) is 19.4 Å². The minimum Gasteiger partial charge on any atom is -0.379 e. The molecule has 0 aliphatic carbocycles. The summed E-state index contributed by atoms with van der Waals surface area (Å²) < 4.78 is 4.88. The van der Waals surface area contributed by atoms with Gasteiger partial charge in [0, 0.05) is 30.4 Å². The average molecular weight is 249 g/mol. The molecule has 0 radical (unpaired) electrons. The van der Waals surface area contributed by atoms with Gasteiger partial charge in [-0.3, -0.25) is 0 Å². The average Bonchev–Trinajstić information content (AvgIpc) is 2.61. The number of ether oxygens (including phenoxy) is 1. The van der Waals surface area contributed by atoms with Gasteiger partial charge in [-0.15, -0.1) is 4.65 Å². The van der Waals surface area contributed by atoms with Crippen LogP contribution in [0.1, 0.15) is 18.9 Å². The zero-order chi connectivity index (χ0) is 13.2. The van der Waals surface area contributed by atoms with Crippen molar-refractivity contribution >= 4 is 11.3 Å². The first-order valence-corrected chi connectivity index (χ1v) is 6.23. The topological polar surface area (TPSA) is 55.5 Å². The van der Waals surface area contributed by atoms with E-state index in [1.54, 1.807) is 7.11 Å². The van der Waals surface area contributed by atoms with Crippen LogP contribution in [0.15, 0.2) is 30.5 Å². The molecule has 2 atom stereocenters. The van der Waals surface area contributed by atoms with E-state index < -0.39 is 0 Å². The Kier molecular flexibility index (Phi) is 3.82. The summed E-state index contributed by atoms with van der Waals surface area (Å²) in [6.07, 6.45) is 2.65. The number of para-hydroxylation sites is 1. The maximum Gasteiger partial charge on any atom is 0.177 e. The highest BCUT2D eigenvalue weighted by Crippen LogP contribution is 2.40. The number of benzene rings is 1. The zero-order valence-corrected chi connectivity index (χ0v) is 11.0. The maximum absolute atomic E-state index is 10.7. The summed E-state index contributed by atoms with van der Waals surface area (Å²) in [6, 6.07) is 8.00. The fraction of sp³-hybridized carbons (Fsp3) is 0.429. The Hall–Kier alpha value is -1.20. The van der Waals surface area contributed by atoms with Crippen LogP contribution in [0.25, 0.3) is 5.57 Å². The third kappa shape index (κ3) is 2.47. The number of methoxy groups -OCH3 is 1. The number of quaternary nitrogens is 1. The number of rotatable bonds is 5. The highest BCUT2D eigenvalue weighted by atomic mass is 16.6. The van der Waals surface area contributed by atoms with Crippen molar-refractivity contribution in [2.75, 3.05) is 20.3 Å². The largest absolute Gasteiger partial charge is 0.379 e. The van der Waals surface area contributed by atoms with Crippen molar-refractivity contribution in [2.24, 2.45) is 5.73 Å². The molecule has 4 heteroatoms. The SMILES string of the molecule is COCC[N+]1(O)C=C(C[C@@H](C)N)c2ccccc21. The number of hydroxylamine groups is 2. The number of hydrogen-bond acceptors (Lipinski definition) is 3. The van der Waals surface area contributed by atoms with Crippen LogP contribution in [0.4, 0.5) is 5.69 Å². The van der Waals surface area contributed by atoms with E-state index in [1.165, 1.54) is 0 Å². The van der Waals surface area contributed by atoms with Crippen molar-refractivity contribution in [2.45, 2.75) is 19.4 Å². The predicted octanol–water partition coefficient (Wildman–Crippen LogP) is 2.12. The minimum atomic E-state index is -0.188. The fourth-order valence-electron chi connectivity index (χ4n) is 2.40. The summed E-state index contributed by atoms with van der Waals surface area (Å²) in [4.78, 5) is 0. The molecule has 1 aliphatic rings. The summed E-state index contributed by atoms with van der Waals surface area (Å²) in [7, 11) is 1.64. The van der Waals surface area contributed by atoms with Gasteiger partial charge in [0.2, 0.25) is 0 Å². The fourth-order valence-corrected chi connectivity index (χ4v) is 2.40. The van der Waals surface area contributed by atoms with Gasteiger partial charge in [-0.25, -0.2) is 5.21 Å². The number of nitrogens with two attached hydrogens (primary N) is 1. The van der Waals surface area contributed by atoms with Crippen LogP contribution >= 0.6 is 0 Å². The van der Waals surface area contributed by atoms with E-state index in [-0.39, 0.29) is 10.7 Å². The van der Waals surface area contributed by atoms with Gasteiger partial charge in [0.25, 0.3) is 0 Å². The maximum atomic E-state index is 10.7. The first-order chi connectivity index (χ1) is 8.57. The van der Waals surface area contributed by atoms with Crippen LogP contribution in [0.3, 0.4) is 0 Å². The third-order valence-corrected chi connectivity index (χ3v) is 3.21. The standard InChI is InChI=1S/C14H21N2O2/c1-11(15)9-12-10-16(17,7-8-18-2)14-6-4-3-5-13(12)14/h3-6,10-11,17H,7-9,15H2,1-2H3/q+1/t11-,16?/m1/s1. The molecular weight excluding hydrogens is 228 g/mol. The highest BCUT2D eigenvalue weighted by molar-refractivity contribution is 5.81. The molecule has 1 unspecified atom stereocenters. The van der Waals surface area contributed by atoms with Crippen LogP contribution in [-0.4, -0.2) is 31.5 Å². The first-order valence-electron chi connectivity index (χ1n) is 6.23. The van der Waals surface area contributed by atoms with Crippen LogP contribution in [0.5, 0.6) is 0 Å². The Morgan fingerprint density at radius 2 is 2.11 bits per heavy atom. The minimum absolute atomic E-state index is 0.0817. The number of fused-ring (bicyclic) bond motifs is 1. The molecule has 0 saturated heterocycles. The van der Waals surface area contributed by atoms with Gasteiger partial charge in [-0.1, -0.05) is 12.1 Å². The molecule has 1 aromatic carbocycles. The van der Waals surface area contributed by atoms with Crippen molar-refractivity contribution in [3.05, 3.63) is 36.0 Å². The molecule has 1 heterocycles. The van der Waals surface area contributed by atoms with Crippen molar-refractivity contribution in [1.82, 2.24) is 4.65 Å². The molecule has 1 aromatic rings. The molecule has 3 N–H and O–H groups in total. The summed E-state index contributed by atoms with van der Waals surface area (Å²) in [5.74, 6) is 0. The lowest BCUT2D eigenvalue weighted by Crippen LogP contribution is -2.41. The van der Waals surface area contributed by atoms with Gasteiger partial charge >= 0.3 is 0 Å². The molecule has 0 aromatic heterocycles. The van der Waals surface area contributed by atoms with Crippen molar-refractivity contribution in [1.29, 1.82) is 0 Å². The second kappa shape index (κ2) is 5.20. The van der Waals surface area contributed by atoms with Crippen molar-refractivity contribution in [3.63, 3.8) is 0 Å². The monoisotopic (exact) mass is 249 g/mol. The third-order valence-electron chi connectivity index (χ3n) is 3.21. The Morgan fingerprint density at radius 1 is 1.39 bits per heavy atom. The molecule has 98 valence electrons. The molecule has 1 aliphatic heterocycles. The van der Waals surface area contributed by atoms with Gasteiger partial charge in [0.1, 0.15) is 12.7 Å². The van der Waals surface area contributed by atoms with E-state index in [0.29, 0.717) is 13.2 Å². The van der Waals surface area contributed by atoms with Crippen LogP contribution in [0, 0.1) is 0 Å². The summed E-state index contributed by atoms with van der Waals surface area (Å²) in [5.41, 5.74) is 8.97. The number of hydrogen-bond donors (Lipinski definition) is 2. The summed E-state index contributed by atoms with van der Waals surface area (Å²) in [6.45, 7) is 2.99. The van der Waals surface area contributed by atoms with E-state index in [1.807, 2.05) is 37.4 Å². The second-order valence-electron chi connectivity index (χ2n) is 4.90. The highest BCUT2D eigenvalue weighted by Gasteiger charge is 2.37. The normalized spacial score (nSPS) is 23.7. The smallest absolute Gasteiger partial charge is 0.177 e. The number of nitrogens with zero attached hydrogens (tertiary/aromatic N) is 1. The van der Waals surface area contributed by atoms with Crippen molar-refractivity contribution in [3.8, 4) is 0 Å². The van der Waals surface area contributed by atoms with Crippen LogP contribution < -0.4 is 10.4 Å². The Bertz CT molecular complexity index is 457. The lowest BCUT2D eigenvalue weighted by molar-refractivity contribution is -0.0430. The molecule has 4 nitrogen and oxygen atoms in total. The molecule has 0 amide bonds. The van der Waals surface area contributed by atoms with E-state index in [0.717, 1.165) is 23.2 Å². The Balaban J connectivity index is 2.35. The van der Waals surface area contributed by atoms with Gasteiger partial charge < -0.3 is 10.5 Å². The van der Waals surface area contributed by atoms with Crippen LogP contribution in [0.2, 0.25) is 0 Å². The lowest BCUT2D eigenvalue weighted by atomic mass is 10.0. The van der Waals surface area contributed by atoms with Crippen molar-refractivity contribution < 1.29 is 9.94 Å². The van der Waals surface area contributed by atoms with Gasteiger partial charge in [0.15, 0.2) is 5.69 Å². The molecule has 0 saturated carbocycles. The van der Waals surface area contributed by atoms with E-state index >= 15 is 0 Å². The molecule has 2 rings (SSSR count). The Morgan fingerprint density at radius 3 is 2.78 bits per heavy atom. The molecule has 0 fully saturated rings. The van der Waals surface area contributed by atoms with Gasteiger partial charge in [-0.2, -0.15) is 0 Å². The molecule has 0 spiro atoms. The molecule has 18 heavy (non-hydrogen) atoms. The summed E-state index contributed by atoms with van der Waals surface area (Å²) >= 11 is 0.